The van der Waals surface area contributed by atoms with Crippen LogP contribution in [0, 0.1) is 12.7 Å². The number of rotatable bonds is 2. The third kappa shape index (κ3) is 2.79. The van der Waals surface area contributed by atoms with Crippen LogP contribution in [-0.4, -0.2) is 12.5 Å². The molecule has 0 spiro atoms. The number of carbonyl (C=O) groups excluding carboxylic acids is 1. The summed E-state index contributed by atoms with van der Waals surface area (Å²) in [6.45, 7) is 1.97. The summed E-state index contributed by atoms with van der Waals surface area (Å²) in [7, 11) is 0. The molecule has 1 amide bonds. The lowest BCUT2D eigenvalue weighted by molar-refractivity contribution is -0.113. The minimum atomic E-state index is -0.443. The molecule has 106 valence electrons. The molecule has 3 nitrogen and oxygen atoms in total. The first-order valence-electron chi connectivity index (χ1n) is 6.63. The highest BCUT2D eigenvalue weighted by Gasteiger charge is 2.17. The van der Waals surface area contributed by atoms with E-state index in [9.17, 15) is 9.18 Å². The summed E-state index contributed by atoms with van der Waals surface area (Å²) in [4.78, 5) is 12.2. The lowest BCUT2D eigenvalue weighted by Gasteiger charge is -2.17. The van der Waals surface area contributed by atoms with Crippen molar-refractivity contribution in [1.82, 2.24) is 0 Å². The Labute approximate surface area is 122 Å². The van der Waals surface area contributed by atoms with Crippen LogP contribution < -0.4 is 10.1 Å². The van der Waals surface area contributed by atoms with E-state index < -0.39 is 5.82 Å². The van der Waals surface area contributed by atoms with Gasteiger partial charge in [-0.3, -0.25) is 4.79 Å². The number of amides is 1. The van der Waals surface area contributed by atoms with Gasteiger partial charge in [0.2, 0.25) is 0 Å². The van der Waals surface area contributed by atoms with E-state index in [1.54, 1.807) is 25.1 Å². The summed E-state index contributed by atoms with van der Waals surface area (Å²) in [5.74, 6) is -0.0519. The van der Waals surface area contributed by atoms with Gasteiger partial charge in [-0.05, 0) is 36.8 Å². The zero-order valence-corrected chi connectivity index (χ0v) is 11.5. The molecular weight excluding hydrogens is 269 g/mol. The van der Waals surface area contributed by atoms with Crippen LogP contribution in [-0.2, 0) is 4.79 Å². The van der Waals surface area contributed by atoms with Gasteiger partial charge in [0.05, 0.1) is 11.3 Å². The number of halogens is 1. The fourth-order valence-corrected chi connectivity index (χ4v) is 2.17. The Hall–Kier alpha value is -2.62. The van der Waals surface area contributed by atoms with Crippen molar-refractivity contribution >= 4 is 17.7 Å². The number of hydrogen-bond donors (Lipinski definition) is 1. The van der Waals surface area contributed by atoms with Gasteiger partial charge in [0.1, 0.15) is 18.2 Å². The molecule has 0 unspecified atom stereocenters. The van der Waals surface area contributed by atoms with E-state index >= 15 is 0 Å². The summed E-state index contributed by atoms with van der Waals surface area (Å²) in [6, 6.07) is 12.2. The van der Waals surface area contributed by atoms with Gasteiger partial charge in [-0.25, -0.2) is 4.39 Å². The second kappa shape index (κ2) is 5.40. The molecule has 0 fully saturated rings. The Bertz CT molecular complexity index is 737. The number of carbonyl (C=O) groups is 1. The zero-order valence-electron chi connectivity index (χ0n) is 11.5. The van der Waals surface area contributed by atoms with Crippen LogP contribution in [0.15, 0.2) is 48.0 Å². The standard InChI is InChI=1S/C17H14FNO2/c1-11-6-7-15(14(18)8-11)19-17(20)13-9-12-4-2-3-5-16(12)21-10-13/h2-9H,10H2,1H3,(H,19,20). The fourth-order valence-electron chi connectivity index (χ4n) is 2.17. The molecule has 0 aliphatic carbocycles. The number of para-hydroxylation sites is 1. The largest absolute Gasteiger partial charge is 0.488 e. The molecule has 0 aromatic heterocycles. The van der Waals surface area contributed by atoms with E-state index in [2.05, 4.69) is 5.32 Å². The quantitative estimate of drug-likeness (QED) is 0.915. The smallest absolute Gasteiger partial charge is 0.255 e. The summed E-state index contributed by atoms with van der Waals surface area (Å²) < 4.78 is 19.3. The van der Waals surface area contributed by atoms with Crippen molar-refractivity contribution in [3.8, 4) is 5.75 Å². The van der Waals surface area contributed by atoms with Gasteiger partial charge in [0, 0.05) is 5.56 Å². The highest BCUT2D eigenvalue weighted by atomic mass is 19.1. The first kappa shape index (κ1) is 13.4. The monoisotopic (exact) mass is 283 g/mol. The molecule has 0 bridgehead atoms. The van der Waals surface area contributed by atoms with Gasteiger partial charge in [0.25, 0.3) is 5.91 Å². The third-order valence-electron chi connectivity index (χ3n) is 3.30. The Kier molecular flexibility index (Phi) is 3.44. The van der Waals surface area contributed by atoms with Gasteiger partial charge in [-0.15, -0.1) is 0 Å². The molecule has 2 aromatic rings. The van der Waals surface area contributed by atoms with Crippen molar-refractivity contribution in [2.75, 3.05) is 11.9 Å². The molecule has 4 heteroatoms. The SMILES string of the molecule is Cc1ccc(NC(=O)C2=Cc3ccccc3OC2)c(F)c1. The van der Waals surface area contributed by atoms with Crippen molar-refractivity contribution in [3.63, 3.8) is 0 Å². The predicted octanol–water partition coefficient (Wildman–Crippen LogP) is 3.55. The molecule has 0 atom stereocenters. The lowest BCUT2D eigenvalue weighted by Crippen LogP contribution is -2.21. The fraction of sp³-hybridized carbons (Fsp3) is 0.118. The molecule has 1 heterocycles. The molecule has 1 aliphatic heterocycles. The highest BCUT2D eigenvalue weighted by Crippen LogP contribution is 2.26. The van der Waals surface area contributed by atoms with Crippen LogP contribution in [0.5, 0.6) is 5.75 Å². The number of aryl methyl sites for hydroxylation is 1. The Balaban J connectivity index is 1.82. The summed E-state index contributed by atoms with van der Waals surface area (Å²) in [5, 5.41) is 2.58. The van der Waals surface area contributed by atoms with Crippen molar-refractivity contribution in [2.24, 2.45) is 0 Å². The van der Waals surface area contributed by atoms with Crippen molar-refractivity contribution in [2.45, 2.75) is 6.92 Å². The number of benzene rings is 2. The molecule has 0 saturated heterocycles. The third-order valence-corrected chi connectivity index (χ3v) is 3.30. The first-order chi connectivity index (χ1) is 10.1. The summed E-state index contributed by atoms with van der Waals surface area (Å²) in [6.07, 6.45) is 1.76. The predicted molar refractivity (Wildman–Crippen MR) is 79.7 cm³/mol. The van der Waals surface area contributed by atoms with Gasteiger partial charge < -0.3 is 10.1 Å². The zero-order chi connectivity index (χ0) is 14.8. The maximum Gasteiger partial charge on any atom is 0.255 e. The van der Waals surface area contributed by atoms with E-state index in [0.717, 1.165) is 16.9 Å². The molecule has 3 rings (SSSR count). The molecule has 1 N–H and O–H groups in total. The molecule has 21 heavy (non-hydrogen) atoms. The van der Waals surface area contributed by atoms with Gasteiger partial charge in [0.15, 0.2) is 0 Å². The van der Waals surface area contributed by atoms with Crippen LogP contribution in [0.3, 0.4) is 0 Å². The molecular formula is C17H14FNO2. The Morgan fingerprint density at radius 2 is 2.05 bits per heavy atom. The second-order valence-corrected chi connectivity index (χ2v) is 4.93. The van der Waals surface area contributed by atoms with E-state index in [1.807, 2.05) is 24.3 Å². The number of anilines is 1. The Morgan fingerprint density at radius 3 is 2.86 bits per heavy atom. The minimum Gasteiger partial charge on any atom is -0.488 e. The van der Waals surface area contributed by atoms with Crippen molar-refractivity contribution < 1.29 is 13.9 Å². The molecule has 1 aliphatic rings. The van der Waals surface area contributed by atoms with Crippen LogP contribution in [0.4, 0.5) is 10.1 Å². The average molecular weight is 283 g/mol. The van der Waals surface area contributed by atoms with Crippen LogP contribution in [0.25, 0.3) is 6.08 Å². The average Bonchev–Trinajstić information content (AvgIpc) is 2.49. The Morgan fingerprint density at radius 1 is 1.24 bits per heavy atom. The van der Waals surface area contributed by atoms with E-state index in [1.165, 1.54) is 6.07 Å². The maximum atomic E-state index is 13.8. The first-order valence-corrected chi connectivity index (χ1v) is 6.63. The number of hydrogen-bond acceptors (Lipinski definition) is 2. The van der Waals surface area contributed by atoms with Gasteiger partial charge in [-0.1, -0.05) is 24.3 Å². The van der Waals surface area contributed by atoms with Crippen LogP contribution in [0.2, 0.25) is 0 Å². The number of ether oxygens (including phenoxy) is 1. The minimum absolute atomic E-state index is 0.172. The highest BCUT2D eigenvalue weighted by molar-refractivity contribution is 6.07. The second-order valence-electron chi connectivity index (χ2n) is 4.93. The van der Waals surface area contributed by atoms with E-state index in [-0.39, 0.29) is 18.2 Å². The lowest BCUT2D eigenvalue weighted by atomic mass is 10.1. The normalized spacial score (nSPS) is 13.0. The summed E-state index contributed by atoms with van der Waals surface area (Å²) in [5.41, 5.74) is 2.29. The topological polar surface area (TPSA) is 38.3 Å². The van der Waals surface area contributed by atoms with E-state index in [4.69, 9.17) is 4.74 Å². The van der Waals surface area contributed by atoms with Crippen molar-refractivity contribution in [3.05, 3.63) is 65.0 Å². The van der Waals surface area contributed by atoms with Gasteiger partial charge >= 0.3 is 0 Å². The van der Waals surface area contributed by atoms with E-state index in [0.29, 0.717) is 5.57 Å². The number of fused-ring (bicyclic) bond motifs is 1. The van der Waals surface area contributed by atoms with Gasteiger partial charge in [-0.2, -0.15) is 0 Å². The maximum absolute atomic E-state index is 13.8. The van der Waals surface area contributed by atoms with Crippen LogP contribution in [0.1, 0.15) is 11.1 Å². The number of nitrogens with one attached hydrogen (secondary N) is 1. The molecule has 0 saturated carbocycles. The van der Waals surface area contributed by atoms with Crippen LogP contribution >= 0.6 is 0 Å². The van der Waals surface area contributed by atoms with Crippen molar-refractivity contribution in [1.29, 1.82) is 0 Å². The molecule has 2 aromatic carbocycles. The molecule has 0 radical (unpaired) electrons. The summed E-state index contributed by atoms with van der Waals surface area (Å²) >= 11 is 0.